The number of aliphatic hydroxyl groups excluding tert-OH is 1. The maximum absolute atomic E-state index is 12.1. The van der Waals surface area contributed by atoms with Crippen molar-refractivity contribution in [3.8, 4) is 0 Å². The quantitative estimate of drug-likeness (QED) is 0.889. The van der Waals surface area contributed by atoms with Gasteiger partial charge >= 0.3 is 0 Å². The van der Waals surface area contributed by atoms with Gasteiger partial charge in [-0.1, -0.05) is 17.7 Å². The van der Waals surface area contributed by atoms with E-state index >= 15 is 0 Å². The third-order valence-corrected chi connectivity index (χ3v) is 3.68. The summed E-state index contributed by atoms with van der Waals surface area (Å²) < 4.78 is 17.2. The molecule has 0 aliphatic carbocycles. The highest BCUT2D eigenvalue weighted by molar-refractivity contribution is 7.85. The zero-order chi connectivity index (χ0) is 11.5. The van der Waals surface area contributed by atoms with Gasteiger partial charge in [-0.05, 0) is 25.1 Å². The molecule has 1 N–H and O–H groups in total. The van der Waals surface area contributed by atoms with E-state index in [1.165, 1.54) is 6.26 Å². The molecule has 1 aromatic heterocycles. The SMILES string of the molecule is Cc1ccc([S@](=O)c2occc2CO)cc1. The number of aryl methyl sites for hydroxylation is 1. The molecule has 84 valence electrons. The van der Waals surface area contributed by atoms with Gasteiger partial charge in [0.25, 0.3) is 0 Å². The molecule has 0 fully saturated rings. The van der Waals surface area contributed by atoms with Crippen molar-refractivity contribution in [3.63, 3.8) is 0 Å². The summed E-state index contributed by atoms with van der Waals surface area (Å²) in [5.74, 6) is 0. The molecule has 0 bridgehead atoms. The van der Waals surface area contributed by atoms with Crippen LogP contribution in [0.4, 0.5) is 0 Å². The van der Waals surface area contributed by atoms with Crippen molar-refractivity contribution >= 4 is 10.8 Å². The summed E-state index contributed by atoms with van der Waals surface area (Å²) in [5.41, 5.74) is 1.68. The van der Waals surface area contributed by atoms with E-state index in [4.69, 9.17) is 9.52 Å². The minimum Gasteiger partial charge on any atom is -0.455 e. The number of benzene rings is 1. The molecule has 0 saturated carbocycles. The van der Waals surface area contributed by atoms with Crippen LogP contribution in [0.5, 0.6) is 0 Å². The average molecular weight is 236 g/mol. The van der Waals surface area contributed by atoms with E-state index in [-0.39, 0.29) is 6.61 Å². The lowest BCUT2D eigenvalue weighted by Crippen LogP contribution is -1.95. The van der Waals surface area contributed by atoms with Gasteiger partial charge in [-0.15, -0.1) is 0 Å². The lowest BCUT2D eigenvalue weighted by molar-refractivity contribution is 0.273. The summed E-state index contributed by atoms with van der Waals surface area (Å²) in [7, 11) is -1.36. The highest BCUT2D eigenvalue weighted by Gasteiger charge is 2.14. The van der Waals surface area contributed by atoms with Crippen LogP contribution >= 0.6 is 0 Å². The average Bonchev–Trinajstić information content (AvgIpc) is 2.77. The molecular weight excluding hydrogens is 224 g/mol. The fourth-order valence-corrected chi connectivity index (χ4v) is 2.48. The van der Waals surface area contributed by atoms with Crippen LogP contribution in [0.2, 0.25) is 0 Å². The van der Waals surface area contributed by atoms with E-state index < -0.39 is 10.8 Å². The zero-order valence-corrected chi connectivity index (χ0v) is 9.66. The number of aliphatic hydroxyl groups is 1. The lowest BCUT2D eigenvalue weighted by Gasteiger charge is -2.01. The summed E-state index contributed by atoms with van der Waals surface area (Å²) >= 11 is 0. The molecule has 0 aliphatic heterocycles. The molecule has 0 aliphatic rings. The minimum absolute atomic E-state index is 0.163. The van der Waals surface area contributed by atoms with Crippen molar-refractivity contribution in [1.29, 1.82) is 0 Å². The monoisotopic (exact) mass is 236 g/mol. The molecule has 0 spiro atoms. The normalized spacial score (nSPS) is 12.6. The van der Waals surface area contributed by atoms with Gasteiger partial charge in [0.05, 0.1) is 12.9 Å². The first-order valence-corrected chi connectivity index (χ1v) is 6.03. The first kappa shape index (κ1) is 11.1. The standard InChI is InChI=1S/C12H12O3S/c1-9-2-4-11(5-3-9)16(14)12-10(8-13)6-7-15-12/h2-7,13H,8H2,1H3/t16-/m0/s1. The van der Waals surface area contributed by atoms with Crippen LogP contribution in [0.1, 0.15) is 11.1 Å². The number of hydrogen-bond donors (Lipinski definition) is 1. The van der Waals surface area contributed by atoms with Crippen LogP contribution in [0.25, 0.3) is 0 Å². The van der Waals surface area contributed by atoms with Gasteiger partial charge in [0.2, 0.25) is 0 Å². The topological polar surface area (TPSA) is 50.4 Å². The Kier molecular flexibility index (Phi) is 3.22. The maximum atomic E-state index is 12.1. The smallest absolute Gasteiger partial charge is 0.200 e. The van der Waals surface area contributed by atoms with Gasteiger partial charge < -0.3 is 9.52 Å². The predicted molar refractivity (Wildman–Crippen MR) is 60.5 cm³/mol. The van der Waals surface area contributed by atoms with E-state index in [0.29, 0.717) is 15.6 Å². The van der Waals surface area contributed by atoms with Crippen LogP contribution in [0.15, 0.2) is 51.0 Å². The summed E-state index contributed by atoms with van der Waals surface area (Å²) in [6, 6.07) is 9.02. The third kappa shape index (κ3) is 2.08. The molecule has 1 heterocycles. The molecular formula is C12H12O3S. The second kappa shape index (κ2) is 4.63. The fourth-order valence-electron chi connectivity index (χ4n) is 1.37. The van der Waals surface area contributed by atoms with Crippen LogP contribution in [0.3, 0.4) is 0 Å². The van der Waals surface area contributed by atoms with Gasteiger partial charge in [-0.2, -0.15) is 0 Å². The maximum Gasteiger partial charge on any atom is 0.200 e. The van der Waals surface area contributed by atoms with Crippen molar-refractivity contribution in [2.75, 3.05) is 0 Å². The molecule has 0 amide bonds. The molecule has 2 rings (SSSR count). The first-order valence-electron chi connectivity index (χ1n) is 4.88. The highest BCUT2D eigenvalue weighted by Crippen LogP contribution is 2.21. The molecule has 2 aromatic rings. The van der Waals surface area contributed by atoms with Gasteiger partial charge in [0.15, 0.2) is 5.09 Å². The van der Waals surface area contributed by atoms with E-state index in [9.17, 15) is 4.21 Å². The fraction of sp³-hybridized carbons (Fsp3) is 0.167. The van der Waals surface area contributed by atoms with Gasteiger partial charge in [0, 0.05) is 10.5 Å². The molecule has 16 heavy (non-hydrogen) atoms. The van der Waals surface area contributed by atoms with E-state index in [1.54, 1.807) is 18.2 Å². The molecule has 1 atom stereocenters. The Morgan fingerprint density at radius 1 is 1.25 bits per heavy atom. The van der Waals surface area contributed by atoms with Crippen molar-refractivity contribution in [2.24, 2.45) is 0 Å². The molecule has 4 heteroatoms. The summed E-state index contributed by atoms with van der Waals surface area (Å²) in [4.78, 5) is 0.676. The third-order valence-electron chi connectivity index (χ3n) is 2.28. The Hall–Kier alpha value is -1.39. The van der Waals surface area contributed by atoms with E-state index in [0.717, 1.165) is 5.56 Å². The largest absolute Gasteiger partial charge is 0.455 e. The molecule has 0 radical (unpaired) electrons. The predicted octanol–water partition coefficient (Wildman–Crippen LogP) is 2.25. The summed E-state index contributed by atoms with van der Waals surface area (Å²) in [5, 5.41) is 9.38. The number of furan rings is 1. The highest BCUT2D eigenvalue weighted by atomic mass is 32.2. The number of rotatable bonds is 3. The van der Waals surface area contributed by atoms with Crippen LogP contribution in [-0.4, -0.2) is 9.32 Å². The van der Waals surface area contributed by atoms with E-state index in [1.807, 2.05) is 19.1 Å². The minimum atomic E-state index is -1.36. The zero-order valence-electron chi connectivity index (χ0n) is 8.84. The summed E-state index contributed by atoms with van der Waals surface area (Å²) in [6.45, 7) is 1.81. The summed E-state index contributed by atoms with van der Waals surface area (Å²) in [6.07, 6.45) is 1.44. The van der Waals surface area contributed by atoms with Crippen molar-refractivity contribution in [2.45, 2.75) is 23.5 Å². The van der Waals surface area contributed by atoms with Crippen molar-refractivity contribution < 1.29 is 13.7 Å². The Labute approximate surface area is 96.2 Å². The second-order valence-corrected chi connectivity index (χ2v) is 4.85. The lowest BCUT2D eigenvalue weighted by atomic mass is 10.2. The van der Waals surface area contributed by atoms with E-state index in [2.05, 4.69) is 0 Å². The molecule has 0 saturated heterocycles. The van der Waals surface area contributed by atoms with Crippen molar-refractivity contribution in [1.82, 2.24) is 0 Å². The van der Waals surface area contributed by atoms with Gasteiger partial charge in [-0.3, -0.25) is 0 Å². The van der Waals surface area contributed by atoms with Crippen LogP contribution < -0.4 is 0 Å². The van der Waals surface area contributed by atoms with Gasteiger partial charge in [-0.25, -0.2) is 4.21 Å². The molecule has 1 aromatic carbocycles. The van der Waals surface area contributed by atoms with Crippen molar-refractivity contribution in [3.05, 3.63) is 47.7 Å². The Morgan fingerprint density at radius 2 is 1.94 bits per heavy atom. The van der Waals surface area contributed by atoms with Crippen LogP contribution in [0, 0.1) is 6.92 Å². The molecule has 0 unspecified atom stereocenters. The Balaban J connectivity index is 2.35. The number of hydrogen-bond acceptors (Lipinski definition) is 3. The Bertz CT molecular complexity index is 499. The Morgan fingerprint density at radius 3 is 2.56 bits per heavy atom. The van der Waals surface area contributed by atoms with Gasteiger partial charge in [0.1, 0.15) is 10.8 Å². The first-order chi connectivity index (χ1) is 7.72. The molecule has 3 nitrogen and oxygen atoms in total. The van der Waals surface area contributed by atoms with Crippen LogP contribution in [-0.2, 0) is 17.4 Å². The second-order valence-electron chi connectivity index (χ2n) is 3.47.